The summed E-state index contributed by atoms with van der Waals surface area (Å²) in [5.74, 6) is -1.46. The van der Waals surface area contributed by atoms with Gasteiger partial charge in [-0.25, -0.2) is 4.79 Å². The second kappa shape index (κ2) is 10.7. The number of anilines is 1. The van der Waals surface area contributed by atoms with Gasteiger partial charge < -0.3 is 20.5 Å². The topological polar surface area (TPSA) is 125 Å². The number of hydrogen-bond acceptors (Lipinski definition) is 7. The summed E-state index contributed by atoms with van der Waals surface area (Å²) in [6, 6.07) is 13.3. The number of esters is 1. The van der Waals surface area contributed by atoms with Crippen molar-refractivity contribution in [1.82, 2.24) is 0 Å². The quantitative estimate of drug-likeness (QED) is 0.352. The maximum absolute atomic E-state index is 12.0. The summed E-state index contributed by atoms with van der Waals surface area (Å²) in [5.41, 5.74) is 5.91. The van der Waals surface area contributed by atoms with Crippen molar-refractivity contribution in [2.45, 2.75) is 4.90 Å². The molecule has 0 unspecified atom stereocenters. The number of primary amides is 1. The average Bonchev–Trinajstić information content (AvgIpc) is 2.70. The highest BCUT2D eigenvalue weighted by Crippen LogP contribution is 2.26. The van der Waals surface area contributed by atoms with Crippen molar-refractivity contribution in [3.63, 3.8) is 0 Å². The lowest BCUT2D eigenvalue weighted by Gasteiger charge is -2.11. The number of aldehydes is 1. The molecule has 28 heavy (non-hydrogen) atoms. The second-order valence-electron chi connectivity index (χ2n) is 5.40. The zero-order valence-electron chi connectivity index (χ0n) is 14.8. The van der Waals surface area contributed by atoms with E-state index < -0.39 is 31.0 Å². The van der Waals surface area contributed by atoms with Crippen LogP contribution in [0.15, 0.2) is 53.4 Å². The van der Waals surface area contributed by atoms with Crippen LogP contribution >= 0.6 is 11.8 Å². The largest absolute Gasteiger partial charge is 0.481 e. The first kappa shape index (κ1) is 21.0. The number of benzene rings is 2. The molecule has 2 aromatic rings. The van der Waals surface area contributed by atoms with Crippen LogP contribution in [0.5, 0.6) is 5.75 Å². The molecule has 0 aromatic heterocycles. The maximum atomic E-state index is 12.0. The molecule has 0 atom stereocenters. The minimum atomic E-state index is -0.757. The standard InChI is InChI=1S/C19H18N2O6S/c20-17(23)12-28-16-8-4-2-6-14(16)21-18(24)10-27-19(25)11-26-15-7-3-1-5-13(15)9-22/h1-9H,10-12H2,(H2,20,23)(H,21,24). The number of carbonyl (C=O) groups excluding carboxylic acids is 4. The fourth-order valence-corrected chi connectivity index (χ4v) is 2.81. The molecule has 2 amide bonds. The van der Waals surface area contributed by atoms with Crippen molar-refractivity contribution in [3.05, 3.63) is 54.1 Å². The minimum Gasteiger partial charge on any atom is -0.481 e. The summed E-state index contributed by atoms with van der Waals surface area (Å²) < 4.78 is 10.1. The predicted molar refractivity (Wildman–Crippen MR) is 103 cm³/mol. The highest BCUT2D eigenvalue weighted by molar-refractivity contribution is 8.00. The molecule has 0 saturated heterocycles. The van der Waals surface area contributed by atoms with Gasteiger partial charge in [0.15, 0.2) is 19.5 Å². The number of carbonyl (C=O) groups is 4. The van der Waals surface area contributed by atoms with Gasteiger partial charge in [-0.05, 0) is 24.3 Å². The van der Waals surface area contributed by atoms with Crippen LogP contribution in [-0.4, -0.2) is 43.0 Å². The normalized spacial score (nSPS) is 10.0. The summed E-state index contributed by atoms with van der Waals surface area (Å²) in [4.78, 5) is 46.2. The lowest BCUT2D eigenvalue weighted by atomic mass is 10.2. The molecular formula is C19H18N2O6S. The molecule has 0 radical (unpaired) electrons. The van der Waals surface area contributed by atoms with Crippen molar-refractivity contribution >= 4 is 41.5 Å². The van der Waals surface area contributed by atoms with E-state index in [4.69, 9.17) is 15.2 Å². The predicted octanol–water partition coefficient (Wildman–Crippen LogP) is 1.64. The van der Waals surface area contributed by atoms with E-state index in [1.165, 1.54) is 11.8 Å². The number of nitrogens with one attached hydrogen (secondary N) is 1. The van der Waals surface area contributed by atoms with Crippen LogP contribution in [0.4, 0.5) is 5.69 Å². The Morgan fingerprint density at radius 1 is 1.04 bits per heavy atom. The lowest BCUT2D eigenvalue weighted by Crippen LogP contribution is -2.24. The Morgan fingerprint density at radius 2 is 1.75 bits per heavy atom. The number of amides is 2. The summed E-state index contributed by atoms with van der Waals surface area (Å²) in [5, 5.41) is 2.61. The summed E-state index contributed by atoms with van der Waals surface area (Å²) >= 11 is 1.19. The fourth-order valence-electron chi connectivity index (χ4n) is 2.06. The Kier molecular flexibility index (Phi) is 8.04. The smallest absolute Gasteiger partial charge is 0.344 e. The maximum Gasteiger partial charge on any atom is 0.344 e. The number of hydrogen-bond donors (Lipinski definition) is 2. The third-order valence-corrected chi connectivity index (χ3v) is 4.38. The molecule has 3 N–H and O–H groups in total. The Morgan fingerprint density at radius 3 is 2.50 bits per heavy atom. The van der Waals surface area contributed by atoms with Gasteiger partial charge in [-0.1, -0.05) is 24.3 Å². The van der Waals surface area contributed by atoms with E-state index in [1.54, 1.807) is 48.5 Å². The molecule has 0 aliphatic carbocycles. The molecular weight excluding hydrogens is 384 g/mol. The molecule has 0 saturated carbocycles. The van der Waals surface area contributed by atoms with E-state index >= 15 is 0 Å². The van der Waals surface area contributed by atoms with Crippen LogP contribution in [-0.2, 0) is 19.1 Å². The summed E-state index contributed by atoms with van der Waals surface area (Å²) in [7, 11) is 0. The lowest BCUT2D eigenvalue weighted by molar-refractivity contribution is -0.149. The van der Waals surface area contributed by atoms with Crippen molar-refractivity contribution < 1.29 is 28.7 Å². The average molecular weight is 402 g/mol. The Labute approximate surface area is 165 Å². The van der Waals surface area contributed by atoms with E-state index in [2.05, 4.69) is 5.32 Å². The first-order valence-corrected chi connectivity index (χ1v) is 9.10. The molecule has 2 aromatic carbocycles. The highest BCUT2D eigenvalue weighted by Gasteiger charge is 2.12. The Balaban J connectivity index is 1.81. The summed E-state index contributed by atoms with van der Waals surface area (Å²) in [6.45, 7) is -0.949. The van der Waals surface area contributed by atoms with Gasteiger partial charge in [0.2, 0.25) is 5.91 Å². The molecule has 0 spiro atoms. The van der Waals surface area contributed by atoms with Gasteiger partial charge in [-0.15, -0.1) is 11.8 Å². The van der Waals surface area contributed by atoms with Gasteiger partial charge in [0, 0.05) is 4.90 Å². The van der Waals surface area contributed by atoms with Crippen LogP contribution in [0.1, 0.15) is 10.4 Å². The molecule has 146 valence electrons. The number of nitrogens with two attached hydrogens (primary N) is 1. The molecule has 0 bridgehead atoms. The van der Waals surface area contributed by atoms with Crippen LogP contribution in [0.25, 0.3) is 0 Å². The number of rotatable bonds is 10. The number of para-hydroxylation sites is 2. The number of thioether (sulfide) groups is 1. The molecule has 9 heteroatoms. The van der Waals surface area contributed by atoms with E-state index in [9.17, 15) is 19.2 Å². The van der Waals surface area contributed by atoms with Gasteiger partial charge in [0.05, 0.1) is 17.0 Å². The van der Waals surface area contributed by atoms with Gasteiger partial charge >= 0.3 is 5.97 Å². The molecule has 0 fully saturated rings. The Bertz CT molecular complexity index is 871. The van der Waals surface area contributed by atoms with E-state index in [0.717, 1.165) is 0 Å². The van der Waals surface area contributed by atoms with E-state index in [1.807, 2.05) is 0 Å². The van der Waals surface area contributed by atoms with Crippen LogP contribution in [0, 0.1) is 0 Å². The van der Waals surface area contributed by atoms with Crippen LogP contribution in [0.3, 0.4) is 0 Å². The van der Waals surface area contributed by atoms with E-state index in [-0.39, 0.29) is 11.5 Å². The highest BCUT2D eigenvalue weighted by atomic mass is 32.2. The zero-order valence-corrected chi connectivity index (χ0v) is 15.6. The van der Waals surface area contributed by atoms with Gasteiger partial charge in [0.25, 0.3) is 5.91 Å². The zero-order chi connectivity index (χ0) is 20.4. The SMILES string of the molecule is NC(=O)CSc1ccccc1NC(=O)COC(=O)COc1ccccc1C=O. The fraction of sp³-hybridized carbons (Fsp3) is 0.158. The monoisotopic (exact) mass is 402 g/mol. The molecule has 8 nitrogen and oxygen atoms in total. The van der Waals surface area contributed by atoms with Crippen LogP contribution < -0.4 is 15.8 Å². The minimum absolute atomic E-state index is 0.0709. The van der Waals surface area contributed by atoms with Crippen LogP contribution in [0.2, 0.25) is 0 Å². The summed E-state index contributed by atoms with van der Waals surface area (Å²) in [6.07, 6.45) is 0.613. The second-order valence-corrected chi connectivity index (χ2v) is 6.42. The van der Waals surface area contributed by atoms with Crippen molar-refractivity contribution in [1.29, 1.82) is 0 Å². The van der Waals surface area contributed by atoms with Gasteiger partial charge in [-0.2, -0.15) is 0 Å². The molecule has 2 rings (SSSR count). The first-order chi connectivity index (χ1) is 13.5. The van der Waals surface area contributed by atoms with Gasteiger partial charge in [0.1, 0.15) is 5.75 Å². The number of ether oxygens (including phenoxy) is 2. The van der Waals surface area contributed by atoms with Crippen molar-refractivity contribution in [3.8, 4) is 5.75 Å². The molecule has 0 aliphatic heterocycles. The van der Waals surface area contributed by atoms with Gasteiger partial charge in [-0.3, -0.25) is 14.4 Å². The third-order valence-electron chi connectivity index (χ3n) is 3.29. The first-order valence-electron chi connectivity index (χ1n) is 8.12. The third kappa shape index (κ3) is 6.76. The van der Waals surface area contributed by atoms with Crippen molar-refractivity contribution in [2.75, 3.05) is 24.3 Å². The Hall–Kier alpha value is -3.33. The molecule has 0 aliphatic rings. The molecule has 0 heterocycles. The van der Waals surface area contributed by atoms with E-state index in [0.29, 0.717) is 22.4 Å². The van der Waals surface area contributed by atoms with Crippen molar-refractivity contribution in [2.24, 2.45) is 5.73 Å².